The average molecular weight is 373 g/mol. The van der Waals surface area contributed by atoms with E-state index in [1.807, 2.05) is 54.6 Å². The van der Waals surface area contributed by atoms with E-state index in [0.717, 1.165) is 22.0 Å². The molecule has 3 aromatic rings. The molecule has 0 spiro atoms. The third kappa shape index (κ3) is 4.38. The van der Waals surface area contributed by atoms with E-state index >= 15 is 0 Å². The lowest BCUT2D eigenvalue weighted by molar-refractivity contribution is -0.121. The molecule has 1 atom stereocenters. The second kappa shape index (κ2) is 8.86. The highest BCUT2D eigenvalue weighted by molar-refractivity contribution is 5.96. The first-order valence-electron chi connectivity index (χ1n) is 9.09. The van der Waals surface area contributed by atoms with Crippen molar-refractivity contribution in [3.05, 3.63) is 84.4 Å². The van der Waals surface area contributed by atoms with Gasteiger partial charge in [0.15, 0.2) is 0 Å². The number of fused-ring (bicyclic) bond motifs is 1. The van der Waals surface area contributed by atoms with Crippen molar-refractivity contribution < 1.29 is 9.90 Å². The Bertz CT molecular complexity index is 1020. The van der Waals surface area contributed by atoms with Gasteiger partial charge in [0, 0.05) is 16.6 Å². The minimum atomic E-state index is -0.483. The van der Waals surface area contributed by atoms with Crippen LogP contribution in [0, 0.1) is 0 Å². The molecule has 0 aliphatic rings. The van der Waals surface area contributed by atoms with Crippen LogP contribution in [0.3, 0.4) is 0 Å². The molecule has 0 aromatic heterocycles. The summed E-state index contributed by atoms with van der Waals surface area (Å²) in [4.78, 5) is 12.4. The second-order valence-corrected chi connectivity index (χ2v) is 6.47. The topological polar surface area (TPSA) is 73.7 Å². The van der Waals surface area contributed by atoms with Crippen LogP contribution in [0.5, 0.6) is 5.75 Å². The van der Waals surface area contributed by atoms with E-state index < -0.39 is 6.04 Å². The number of phenolic OH excluding ortho intramolecular Hbond substituents is 1. The maximum absolute atomic E-state index is 12.4. The van der Waals surface area contributed by atoms with E-state index in [1.54, 1.807) is 19.1 Å². The van der Waals surface area contributed by atoms with Crippen molar-refractivity contribution in [1.29, 1.82) is 0 Å². The molecule has 3 N–H and O–H groups in total. The first kappa shape index (κ1) is 19.2. The Morgan fingerprint density at radius 3 is 2.71 bits per heavy atom. The Kier molecular flexibility index (Phi) is 6.07. The zero-order chi connectivity index (χ0) is 19.9. The Morgan fingerprint density at radius 1 is 1.14 bits per heavy atom. The molecule has 0 aliphatic carbocycles. The lowest BCUT2D eigenvalue weighted by Gasteiger charge is -2.15. The fourth-order valence-corrected chi connectivity index (χ4v) is 2.95. The van der Waals surface area contributed by atoms with E-state index in [4.69, 9.17) is 0 Å². The van der Waals surface area contributed by atoms with Gasteiger partial charge in [-0.1, -0.05) is 54.6 Å². The number of amides is 1. The van der Waals surface area contributed by atoms with Gasteiger partial charge in [-0.05, 0) is 36.4 Å². The summed E-state index contributed by atoms with van der Waals surface area (Å²) in [6.45, 7) is 5.45. The number of anilines is 1. The van der Waals surface area contributed by atoms with Gasteiger partial charge in [-0.25, -0.2) is 5.43 Å². The molecule has 142 valence electrons. The van der Waals surface area contributed by atoms with Gasteiger partial charge in [0.2, 0.25) is 0 Å². The molecule has 28 heavy (non-hydrogen) atoms. The van der Waals surface area contributed by atoms with Gasteiger partial charge in [-0.3, -0.25) is 4.79 Å². The smallest absolute Gasteiger partial charge is 0.262 e. The van der Waals surface area contributed by atoms with Crippen LogP contribution < -0.4 is 10.7 Å². The van der Waals surface area contributed by atoms with E-state index in [9.17, 15) is 9.90 Å². The zero-order valence-corrected chi connectivity index (χ0v) is 15.7. The van der Waals surface area contributed by atoms with Crippen LogP contribution in [0.4, 0.5) is 5.69 Å². The maximum atomic E-state index is 12.4. The number of aromatic hydroxyl groups is 1. The molecule has 0 radical (unpaired) electrons. The largest absolute Gasteiger partial charge is 0.507 e. The van der Waals surface area contributed by atoms with Crippen molar-refractivity contribution in [3.8, 4) is 5.75 Å². The SMILES string of the molecule is C=CCc1cccc(/C=N\NC(=O)[C@H](C)Nc2cccc3ccccc23)c1O. The highest BCUT2D eigenvalue weighted by atomic mass is 16.3. The van der Waals surface area contributed by atoms with Crippen LogP contribution in [0.2, 0.25) is 0 Å². The number of nitrogens with one attached hydrogen (secondary N) is 2. The molecular weight excluding hydrogens is 350 g/mol. The summed E-state index contributed by atoms with van der Waals surface area (Å²) in [6.07, 6.45) is 3.72. The van der Waals surface area contributed by atoms with Crippen LogP contribution in [0.1, 0.15) is 18.1 Å². The highest BCUT2D eigenvalue weighted by Crippen LogP contribution is 2.24. The van der Waals surface area contributed by atoms with Gasteiger partial charge >= 0.3 is 0 Å². The first-order valence-corrected chi connectivity index (χ1v) is 9.09. The number of para-hydroxylation sites is 1. The van der Waals surface area contributed by atoms with Crippen LogP contribution in [0.15, 0.2) is 78.4 Å². The van der Waals surface area contributed by atoms with Gasteiger partial charge in [-0.2, -0.15) is 5.10 Å². The zero-order valence-electron chi connectivity index (χ0n) is 15.7. The summed E-state index contributed by atoms with van der Waals surface area (Å²) in [5.74, 6) is -0.131. The van der Waals surface area contributed by atoms with Crippen LogP contribution in [-0.4, -0.2) is 23.3 Å². The molecule has 0 saturated heterocycles. The van der Waals surface area contributed by atoms with Crippen LogP contribution in [-0.2, 0) is 11.2 Å². The number of phenols is 1. The Labute approximate surface area is 164 Å². The number of benzene rings is 3. The number of hydrazone groups is 1. The summed E-state index contributed by atoms with van der Waals surface area (Å²) >= 11 is 0. The third-order valence-electron chi connectivity index (χ3n) is 4.45. The Morgan fingerprint density at radius 2 is 1.89 bits per heavy atom. The number of carbonyl (C=O) groups is 1. The second-order valence-electron chi connectivity index (χ2n) is 6.47. The molecule has 0 aliphatic heterocycles. The number of carbonyl (C=O) groups excluding carboxylic acids is 1. The fourth-order valence-electron chi connectivity index (χ4n) is 2.95. The van der Waals surface area contributed by atoms with Gasteiger partial charge in [0.1, 0.15) is 11.8 Å². The number of nitrogens with zero attached hydrogens (tertiary/aromatic N) is 1. The Balaban J connectivity index is 1.65. The summed E-state index contributed by atoms with van der Waals surface area (Å²) in [5.41, 5.74) is 4.70. The van der Waals surface area contributed by atoms with Crippen molar-refractivity contribution in [3.63, 3.8) is 0 Å². The molecule has 0 fully saturated rings. The van der Waals surface area contributed by atoms with Gasteiger partial charge in [-0.15, -0.1) is 6.58 Å². The van der Waals surface area contributed by atoms with E-state index in [1.165, 1.54) is 6.21 Å². The minimum Gasteiger partial charge on any atom is -0.507 e. The lowest BCUT2D eigenvalue weighted by Crippen LogP contribution is -2.34. The van der Waals surface area contributed by atoms with Crippen molar-refractivity contribution in [2.24, 2.45) is 5.10 Å². The third-order valence-corrected chi connectivity index (χ3v) is 4.45. The van der Waals surface area contributed by atoms with Gasteiger partial charge in [0.25, 0.3) is 5.91 Å². The molecule has 0 saturated carbocycles. The van der Waals surface area contributed by atoms with Gasteiger partial charge in [0.05, 0.1) is 6.21 Å². The number of hydrogen-bond acceptors (Lipinski definition) is 4. The predicted molar refractivity (Wildman–Crippen MR) is 115 cm³/mol. The quantitative estimate of drug-likeness (QED) is 0.330. The molecule has 0 heterocycles. The molecule has 5 nitrogen and oxygen atoms in total. The van der Waals surface area contributed by atoms with Crippen molar-refractivity contribution in [1.82, 2.24) is 5.43 Å². The predicted octanol–water partition coefficient (Wildman–Crippen LogP) is 4.22. The number of hydrogen-bond donors (Lipinski definition) is 3. The van der Waals surface area contributed by atoms with Crippen LogP contribution >= 0.6 is 0 Å². The summed E-state index contributed by atoms with van der Waals surface area (Å²) in [5, 5.41) is 19.6. The van der Waals surface area contributed by atoms with E-state index in [0.29, 0.717) is 12.0 Å². The minimum absolute atomic E-state index is 0.141. The maximum Gasteiger partial charge on any atom is 0.262 e. The molecule has 3 rings (SSSR count). The lowest BCUT2D eigenvalue weighted by atomic mass is 10.1. The van der Waals surface area contributed by atoms with Crippen LogP contribution in [0.25, 0.3) is 10.8 Å². The molecule has 0 unspecified atom stereocenters. The Hall–Kier alpha value is -3.60. The van der Waals surface area contributed by atoms with Crippen molar-refractivity contribution in [2.75, 3.05) is 5.32 Å². The highest BCUT2D eigenvalue weighted by Gasteiger charge is 2.13. The van der Waals surface area contributed by atoms with Crippen molar-refractivity contribution in [2.45, 2.75) is 19.4 Å². The molecule has 3 aromatic carbocycles. The van der Waals surface area contributed by atoms with Gasteiger partial charge < -0.3 is 10.4 Å². The fraction of sp³-hybridized carbons (Fsp3) is 0.130. The van der Waals surface area contributed by atoms with E-state index in [2.05, 4.69) is 22.4 Å². The normalized spacial score (nSPS) is 12.0. The average Bonchev–Trinajstić information content (AvgIpc) is 2.71. The molecule has 1 amide bonds. The standard InChI is InChI=1S/C23H23N3O2/c1-3-8-18-11-6-12-19(22(18)27)15-24-26-23(28)16(2)25-21-14-7-10-17-9-4-5-13-20(17)21/h3-7,9-16,25,27H,1,8H2,2H3,(H,26,28)/b24-15-/t16-/m0/s1. The van der Waals surface area contributed by atoms with Crippen molar-refractivity contribution >= 4 is 28.6 Å². The molecule has 5 heteroatoms. The molecule has 0 bridgehead atoms. The monoisotopic (exact) mass is 373 g/mol. The first-order chi connectivity index (χ1) is 13.6. The summed E-state index contributed by atoms with van der Waals surface area (Å²) < 4.78 is 0. The number of allylic oxidation sites excluding steroid dienone is 1. The molecular formula is C23H23N3O2. The van der Waals surface area contributed by atoms with E-state index in [-0.39, 0.29) is 11.7 Å². The summed E-state index contributed by atoms with van der Waals surface area (Å²) in [7, 11) is 0. The summed E-state index contributed by atoms with van der Waals surface area (Å²) in [6, 6.07) is 18.8. The number of rotatable bonds is 7.